The summed E-state index contributed by atoms with van der Waals surface area (Å²) in [5.74, 6) is -0.497. The van der Waals surface area contributed by atoms with Crippen molar-refractivity contribution in [2.45, 2.75) is 13.3 Å². The first-order valence-corrected chi connectivity index (χ1v) is 6.92. The maximum atomic E-state index is 13.5. The van der Waals surface area contributed by atoms with Crippen molar-refractivity contribution >= 4 is 12.0 Å². The van der Waals surface area contributed by atoms with Crippen LogP contribution in [0.1, 0.15) is 18.1 Å². The predicted octanol–water partition coefficient (Wildman–Crippen LogP) is 3.59. The Bertz CT molecular complexity index is 635. The first-order valence-electron chi connectivity index (χ1n) is 6.92. The highest BCUT2D eigenvalue weighted by Crippen LogP contribution is 2.11. The van der Waals surface area contributed by atoms with E-state index in [4.69, 9.17) is 0 Å². The number of hydrogen-bond acceptors (Lipinski definition) is 1. The average molecular weight is 283 g/mol. The molecular weight excluding hydrogens is 265 g/mol. The van der Waals surface area contributed by atoms with Crippen LogP contribution < -0.4 is 5.32 Å². The van der Waals surface area contributed by atoms with Crippen molar-refractivity contribution in [1.82, 2.24) is 5.32 Å². The zero-order chi connectivity index (χ0) is 15.1. The first kappa shape index (κ1) is 15.0. The first-order chi connectivity index (χ1) is 10.2. The van der Waals surface area contributed by atoms with E-state index < -0.39 is 0 Å². The van der Waals surface area contributed by atoms with Crippen LogP contribution in [0.5, 0.6) is 0 Å². The van der Waals surface area contributed by atoms with Crippen LogP contribution in [0.15, 0.2) is 60.2 Å². The van der Waals surface area contributed by atoms with Gasteiger partial charge in [-0.15, -0.1) is 0 Å². The van der Waals surface area contributed by atoms with Crippen LogP contribution in [0.4, 0.5) is 4.39 Å². The molecular formula is C18H18FNO. The van der Waals surface area contributed by atoms with Crippen LogP contribution in [-0.2, 0) is 11.2 Å². The number of benzene rings is 2. The topological polar surface area (TPSA) is 29.1 Å². The molecule has 0 bridgehead atoms. The lowest BCUT2D eigenvalue weighted by Crippen LogP contribution is -2.26. The minimum absolute atomic E-state index is 0.172. The molecule has 0 unspecified atom stereocenters. The van der Waals surface area contributed by atoms with Crippen LogP contribution in [-0.4, -0.2) is 12.5 Å². The van der Waals surface area contributed by atoms with Crippen LogP contribution in [0.25, 0.3) is 6.08 Å². The molecule has 0 fully saturated rings. The maximum Gasteiger partial charge on any atom is 0.246 e. The van der Waals surface area contributed by atoms with Gasteiger partial charge >= 0.3 is 0 Å². The quantitative estimate of drug-likeness (QED) is 0.835. The Labute approximate surface area is 124 Å². The van der Waals surface area contributed by atoms with E-state index in [9.17, 15) is 9.18 Å². The van der Waals surface area contributed by atoms with Gasteiger partial charge in [-0.3, -0.25) is 4.79 Å². The van der Waals surface area contributed by atoms with Gasteiger partial charge in [-0.25, -0.2) is 4.39 Å². The second-order valence-electron chi connectivity index (χ2n) is 4.84. The van der Waals surface area contributed by atoms with Crippen molar-refractivity contribution < 1.29 is 9.18 Å². The molecule has 108 valence electrons. The van der Waals surface area contributed by atoms with Gasteiger partial charge in [0, 0.05) is 17.7 Å². The van der Waals surface area contributed by atoms with Gasteiger partial charge in [-0.1, -0.05) is 48.5 Å². The third-order valence-corrected chi connectivity index (χ3v) is 3.18. The maximum absolute atomic E-state index is 13.5. The van der Waals surface area contributed by atoms with Gasteiger partial charge < -0.3 is 5.32 Å². The molecule has 0 saturated heterocycles. The molecule has 0 aliphatic rings. The highest BCUT2D eigenvalue weighted by molar-refractivity contribution is 5.97. The number of carbonyl (C=O) groups excluding carboxylic acids is 1. The van der Waals surface area contributed by atoms with Crippen molar-refractivity contribution in [3.05, 3.63) is 77.1 Å². The van der Waals surface area contributed by atoms with Crippen LogP contribution in [0, 0.1) is 5.82 Å². The molecule has 0 atom stereocenters. The lowest BCUT2D eigenvalue weighted by Gasteiger charge is -2.06. The standard InChI is InChI=1S/C18H18FNO/c1-14(13-16-9-5-6-10-17(16)19)18(21)20-12-11-15-7-3-2-4-8-15/h2-10,13H,11-12H2,1H3,(H,20,21)/b14-13+. The van der Waals surface area contributed by atoms with Gasteiger partial charge in [0.1, 0.15) is 5.82 Å². The predicted molar refractivity (Wildman–Crippen MR) is 83.2 cm³/mol. The molecule has 0 heterocycles. The molecule has 0 spiro atoms. The SMILES string of the molecule is C/C(=C\c1ccccc1F)C(=O)NCCc1ccccc1. The molecule has 1 N–H and O–H groups in total. The number of amides is 1. The van der Waals surface area contributed by atoms with E-state index in [1.807, 2.05) is 30.3 Å². The summed E-state index contributed by atoms with van der Waals surface area (Å²) in [6.45, 7) is 2.25. The molecule has 0 aliphatic heterocycles. The summed E-state index contributed by atoms with van der Waals surface area (Å²) in [5.41, 5.74) is 2.09. The molecule has 2 rings (SSSR count). The molecule has 0 aromatic heterocycles. The Morgan fingerprint density at radius 1 is 1.10 bits per heavy atom. The van der Waals surface area contributed by atoms with Gasteiger partial charge in [0.25, 0.3) is 0 Å². The minimum atomic E-state index is -0.325. The highest BCUT2D eigenvalue weighted by Gasteiger charge is 2.05. The number of rotatable bonds is 5. The molecule has 0 saturated carbocycles. The zero-order valence-electron chi connectivity index (χ0n) is 12.0. The fourth-order valence-electron chi connectivity index (χ4n) is 2.00. The van der Waals surface area contributed by atoms with E-state index in [-0.39, 0.29) is 11.7 Å². The molecule has 21 heavy (non-hydrogen) atoms. The number of hydrogen-bond donors (Lipinski definition) is 1. The average Bonchev–Trinajstić information content (AvgIpc) is 2.50. The van der Waals surface area contributed by atoms with Crippen molar-refractivity contribution in [2.24, 2.45) is 0 Å². The largest absolute Gasteiger partial charge is 0.352 e. The van der Waals surface area contributed by atoms with Crippen LogP contribution in [0.2, 0.25) is 0 Å². The molecule has 1 amide bonds. The Kier molecular flexibility index (Phi) is 5.27. The van der Waals surface area contributed by atoms with E-state index >= 15 is 0 Å². The third kappa shape index (κ3) is 4.56. The normalized spacial score (nSPS) is 11.2. The molecule has 2 aromatic carbocycles. The van der Waals surface area contributed by atoms with E-state index in [2.05, 4.69) is 5.32 Å². The molecule has 0 aliphatic carbocycles. The molecule has 2 nitrogen and oxygen atoms in total. The third-order valence-electron chi connectivity index (χ3n) is 3.18. The summed E-state index contributed by atoms with van der Waals surface area (Å²) < 4.78 is 13.5. The lowest BCUT2D eigenvalue weighted by molar-refractivity contribution is -0.117. The van der Waals surface area contributed by atoms with E-state index in [0.717, 1.165) is 6.42 Å². The molecule has 0 radical (unpaired) electrons. The Morgan fingerprint density at radius 2 is 1.76 bits per heavy atom. The van der Waals surface area contributed by atoms with Crippen molar-refractivity contribution in [1.29, 1.82) is 0 Å². The molecule has 2 aromatic rings. The van der Waals surface area contributed by atoms with Gasteiger partial charge in [0.05, 0.1) is 0 Å². The Morgan fingerprint density at radius 3 is 2.48 bits per heavy atom. The minimum Gasteiger partial charge on any atom is -0.352 e. The van der Waals surface area contributed by atoms with E-state index in [1.54, 1.807) is 31.2 Å². The Hall–Kier alpha value is -2.42. The van der Waals surface area contributed by atoms with Gasteiger partial charge in [0.15, 0.2) is 0 Å². The highest BCUT2D eigenvalue weighted by atomic mass is 19.1. The Balaban J connectivity index is 1.90. The number of halogens is 1. The number of carbonyl (C=O) groups is 1. The van der Waals surface area contributed by atoms with Gasteiger partial charge in [-0.05, 0) is 31.1 Å². The van der Waals surface area contributed by atoms with E-state index in [0.29, 0.717) is 17.7 Å². The van der Waals surface area contributed by atoms with Gasteiger partial charge in [-0.2, -0.15) is 0 Å². The summed E-state index contributed by atoms with van der Waals surface area (Å²) in [6, 6.07) is 16.4. The smallest absolute Gasteiger partial charge is 0.246 e. The molecule has 3 heteroatoms. The van der Waals surface area contributed by atoms with Crippen LogP contribution >= 0.6 is 0 Å². The van der Waals surface area contributed by atoms with Crippen molar-refractivity contribution in [3.8, 4) is 0 Å². The fraction of sp³-hybridized carbons (Fsp3) is 0.167. The summed E-state index contributed by atoms with van der Waals surface area (Å²) >= 11 is 0. The second kappa shape index (κ2) is 7.39. The monoisotopic (exact) mass is 283 g/mol. The second-order valence-corrected chi connectivity index (χ2v) is 4.84. The summed E-state index contributed by atoms with van der Waals surface area (Å²) in [5, 5.41) is 2.84. The summed E-state index contributed by atoms with van der Waals surface area (Å²) in [6.07, 6.45) is 2.34. The van der Waals surface area contributed by atoms with Gasteiger partial charge in [0.2, 0.25) is 5.91 Å². The summed E-state index contributed by atoms with van der Waals surface area (Å²) in [7, 11) is 0. The lowest BCUT2D eigenvalue weighted by atomic mass is 10.1. The van der Waals surface area contributed by atoms with E-state index in [1.165, 1.54) is 11.6 Å². The fourth-order valence-corrected chi connectivity index (χ4v) is 2.00. The zero-order valence-corrected chi connectivity index (χ0v) is 12.0. The summed E-state index contributed by atoms with van der Waals surface area (Å²) in [4.78, 5) is 11.9. The van der Waals surface area contributed by atoms with Crippen molar-refractivity contribution in [2.75, 3.05) is 6.54 Å². The van der Waals surface area contributed by atoms with Crippen molar-refractivity contribution in [3.63, 3.8) is 0 Å². The van der Waals surface area contributed by atoms with Crippen LogP contribution in [0.3, 0.4) is 0 Å². The number of nitrogens with one attached hydrogen (secondary N) is 1.